The van der Waals surface area contributed by atoms with Gasteiger partial charge in [-0.3, -0.25) is 9.78 Å². The topological polar surface area (TPSA) is 51.7 Å². The second-order valence-electron chi connectivity index (χ2n) is 4.59. The van der Waals surface area contributed by atoms with Gasteiger partial charge in [0, 0.05) is 31.5 Å². The molecule has 5 nitrogen and oxygen atoms in total. The third-order valence-corrected chi connectivity index (χ3v) is 3.11. The Hall–Kier alpha value is -2.56. The van der Waals surface area contributed by atoms with Crippen molar-refractivity contribution in [2.45, 2.75) is 6.54 Å². The first kappa shape index (κ1) is 12.5. The van der Waals surface area contributed by atoms with Crippen molar-refractivity contribution in [2.75, 3.05) is 13.8 Å². The van der Waals surface area contributed by atoms with Gasteiger partial charge in [0.05, 0.1) is 0 Å². The maximum absolute atomic E-state index is 12.4. The van der Waals surface area contributed by atoms with Crippen molar-refractivity contribution >= 4 is 5.91 Å². The second-order valence-corrected chi connectivity index (χ2v) is 4.59. The highest BCUT2D eigenvalue weighted by molar-refractivity contribution is 5.94. The molecular weight excluding hydrogens is 256 g/mol. The first-order chi connectivity index (χ1) is 9.74. The maximum Gasteiger partial charge on any atom is 0.254 e. The van der Waals surface area contributed by atoms with Crippen molar-refractivity contribution in [3.63, 3.8) is 0 Å². The molecule has 0 radical (unpaired) electrons. The summed E-state index contributed by atoms with van der Waals surface area (Å²) in [6.45, 7) is 0.722. The molecule has 0 atom stereocenters. The number of ether oxygens (including phenoxy) is 2. The molecule has 0 saturated heterocycles. The van der Waals surface area contributed by atoms with Crippen LogP contribution in [0.15, 0.2) is 42.7 Å². The lowest BCUT2D eigenvalue weighted by atomic mass is 10.1. The average Bonchev–Trinajstić information content (AvgIpc) is 2.94. The van der Waals surface area contributed by atoms with E-state index in [2.05, 4.69) is 4.98 Å². The summed E-state index contributed by atoms with van der Waals surface area (Å²) < 4.78 is 10.5. The van der Waals surface area contributed by atoms with Crippen LogP contribution in [0.4, 0.5) is 0 Å². The molecule has 102 valence electrons. The number of hydrogen-bond acceptors (Lipinski definition) is 4. The molecule has 1 aliphatic rings. The summed E-state index contributed by atoms with van der Waals surface area (Å²) in [5.41, 5.74) is 1.57. The third kappa shape index (κ3) is 2.42. The Bertz CT molecular complexity index is 628. The number of aromatic nitrogens is 1. The van der Waals surface area contributed by atoms with Crippen molar-refractivity contribution < 1.29 is 14.3 Å². The first-order valence-electron chi connectivity index (χ1n) is 6.28. The molecule has 0 fully saturated rings. The number of rotatable bonds is 3. The van der Waals surface area contributed by atoms with E-state index in [9.17, 15) is 4.79 Å². The quantitative estimate of drug-likeness (QED) is 0.857. The van der Waals surface area contributed by atoms with Crippen molar-refractivity contribution in [1.29, 1.82) is 0 Å². The Kier molecular flexibility index (Phi) is 3.25. The van der Waals surface area contributed by atoms with Gasteiger partial charge in [0.2, 0.25) is 6.79 Å². The monoisotopic (exact) mass is 270 g/mol. The van der Waals surface area contributed by atoms with E-state index < -0.39 is 0 Å². The van der Waals surface area contributed by atoms with Gasteiger partial charge in [-0.25, -0.2) is 0 Å². The fourth-order valence-corrected chi connectivity index (χ4v) is 2.09. The summed E-state index contributed by atoms with van der Waals surface area (Å²) in [6.07, 6.45) is 3.46. The highest BCUT2D eigenvalue weighted by atomic mass is 16.7. The van der Waals surface area contributed by atoms with Crippen molar-refractivity contribution in [1.82, 2.24) is 9.88 Å². The smallest absolute Gasteiger partial charge is 0.254 e. The zero-order valence-electron chi connectivity index (χ0n) is 11.1. The number of nitrogens with zero attached hydrogens (tertiary/aromatic N) is 2. The molecule has 1 aromatic carbocycles. The van der Waals surface area contributed by atoms with Crippen LogP contribution in [0.5, 0.6) is 11.5 Å². The fourth-order valence-electron chi connectivity index (χ4n) is 2.09. The lowest BCUT2D eigenvalue weighted by Crippen LogP contribution is -2.26. The minimum atomic E-state index is -0.0628. The second kappa shape index (κ2) is 5.21. The zero-order chi connectivity index (χ0) is 13.9. The van der Waals surface area contributed by atoms with E-state index in [0.717, 1.165) is 5.56 Å². The van der Waals surface area contributed by atoms with Crippen molar-refractivity contribution in [3.8, 4) is 11.5 Å². The van der Waals surface area contributed by atoms with Gasteiger partial charge >= 0.3 is 0 Å². The van der Waals surface area contributed by atoms with Crippen molar-refractivity contribution in [3.05, 3.63) is 53.9 Å². The van der Waals surface area contributed by atoms with Crippen LogP contribution in [0.25, 0.3) is 0 Å². The third-order valence-electron chi connectivity index (χ3n) is 3.11. The molecule has 3 rings (SSSR count). The molecule has 1 aromatic heterocycles. The predicted octanol–water partition coefficient (Wildman–Crippen LogP) is 2.08. The zero-order valence-corrected chi connectivity index (χ0v) is 11.1. The summed E-state index contributed by atoms with van der Waals surface area (Å²) in [5, 5.41) is 0. The van der Waals surface area contributed by atoms with Crippen LogP contribution in [-0.2, 0) is 6.54 Å². The molecule has 0 spiro atoms. The van der Waals surface area contributed by atoms with Crippen LogP contribution in [0.1, 0.15) is 15.9 Å². The number of pyridine rings is 1. The molecule has 1 amide bonds. The Morgan fingerprint density at radius 1 is 1.30 bits per heavy atom. The summed E-state index contributed by atoms with van der Waals surface area (Å²) in [7, 11) is 1.76. The highest BCUT2D eigenvalue weighted by Crippen LogP contribution is 2.32. The Morgan fingerprint density at radius 3 is 2.95 bits per heavy atom. The summed E-state index contributed by atoms with van der Waals surface area (Å²) in [6, 6.07) is 9.01. The molecule has 0 N–H and O–H groups in total. The van der Waals surface area contributed by atoms with E-state index in [1.165, 1.54) is 0 Å². The number of benzene rings is 1. The average molecular weight is 270 g/mol. The van der Waals surface area contributed by atoms with Gasteiger partial charge in [-0.05, 0) is 29.8 Å². The van der Waals surface area contributed by atoms with E-state index in [0.29, 0.717) is 23.6 Å². The lowest BCUT2D eigenvalue weighted by Gasteiger charge is -2.17. The maximum atomic E-state index is 12.4. The molecule has 0 unspecified atom stereocenters. The van der Waals surface area contributed by atoms with Gasteiger partial charge in [-0.2, -0.15) is 0 Å². The van der Waals surface area contributed by atoms with E-state index in [1.54, 1.807) is 42.5 Å². The van der Waals surface area contributed by atoms with Gasteiger partial charge in [-0.1, -0.05) is 6.07 Å². The SMILES string of the molecule is CN(Cc1cccnc1)C(=O)c1ccc2c(c1)OCO2. The minimum Gasteiger partial charge on any atom is -0.454 e. The number of fused-ring (bicyclic) bond motifs is 1. The van der Waals surface area contributed by atoms with Gasteiger partial charge in [0.15, 0.2) is 11.5 Å². The Morgan fingerprint density at radius 2 is 2.15 bits per heavy atom. The Balaban J connectivity index is 1.75. The molecule has 0 aliphatic carbocycles. The molecule has 1 aliphatic heterocycles. The Labute approximate surface area is 116 Å². The normalized spacial score (nSPS) is 12.2. The van der Waals surface area contributed by atoms with Crippen LogP contribution in [0.3, 0.4) is 0 Å². The predicted molar refractivity (Wildman–Crippen MR) is 72.6 cm³/mol. The molecule has 5 heteroatoms. The number of hydrogen-bond donors (Lipinski definition) is 0. The minimum absolute atomic E-state index is 0.0628. The molecule has 2 aromatic rings. The first-order valence-corrected chi connectivity index (χ1v) is 6.28. The molecule has 0 bridgehead atoms. The van der Waals surface area contributed by atoms with E-state index >= 15 is 0 Å². The van der Waals surface area contributed by atoms with Crippen LogP contribution < -0.4 is 9.47 Å². The summed E-state index contributed by atoms with van der Waals surface area (Å²) in [5.74, 6) is 1.23. The van der Waals surface area contributed by atoms with E-state index in [-0.39, 0.29) is 12.7 Å². The highest BCUT2D eigenvalue weighted by Gasteiger charge is 2.18. The number of carbonyl (C=O) groups is 1. The summed E-state index contributed by atoms with van der Waals surface area (Å²) in [4.78, 5) is 18.0. The molecule has 2 heterocycles. The van der Waals surface area contributed by atoms with Gasteiger partial charge < -0.3 is 14.4 Å². The van der Waals surface area contributed by atoms with Crippen molar-refractivity contribution in [2.24, 2.45) is 0 Å². The molecular formula is C15H14N2O3. The van der Waals surface area contributed by atoms with Gasteiger partial charge in [0.25, 0.3) is 5.91 Å². The lowest BCUT2D eigenvalue weighted by molar-refractivity contribution is 0.0784. The molecule has 20 heavy (non-hydrogen) atoms. The van der Waals surface area contributed by atoms with Gasteiger partial charge in [-0.15, -0.1) is 0 Å². The number of carbonyl (C=O) groups excluding carboxylic acids is 1. The largest absolute Gasteiger partial charge is 0.454 e. The number of amides is 1. The van der Waals surface area contributed by atoms with Crippen LogP contribution in [0.2, 0.25) is 0 Å². The van der Waals surface area contributed by atoms with Crippen LogP contribution in [0, 0.1) is 0 Å². The van der Waals surface area contributed by atoms with E-state index in [1.807, 2.05) is 12.1 Å². The van der Waals surface area contributed by atoms with E-state index in [4.69, 9.17) is 9.47 Å². The molecule has 0 saturated carbocycles. The summed E-state index contributed by atoms with van der Waals surface area (Å²) >= 11 is 0. The van der Waals surface area contributed by atoms with Crippen LogP contribution in [-0.4, -0.2) is 29.6 Å². The fraction of sp³-hybridized carbons (Fsp3) is 0.200. The van der Waals surface area contributed by atoms with Gasteiger partial charge in [0.1, 0.15) is 0 Å². The standard InChI is InChI=1S/C15H14N2O3/c1-17(9-11-3-2-6-16-8-11)15(18)12-4-5-13-14(7-12)20-10-19-13/h2-8H,9-10H2,1H3. The van der Waals surface area contributed by atoms with Crippen LogP contribution >= 0.6 is 0 Å².